The summed E-state index contributed by atoms with van der Waals surface area (Å²) in [4.78, 5) is 9.69. The molecule has 0 radical (unpaired) electrons. The highest BCUT2D eigenvalue weighted by Crippen LogP contribution is 2.30. The van der Waals surface area contributed by atoms with Gasteiger partial charge in [0.2, 0.25) is 5.89 Å². The minimum atomic E-state index is 0.338. The second kappa shape index (κ2) is 4.54. The van der Waals surface area contributed by atoms with Crippen molar-refractivity contribution >= 4 is 0 Å². The van der Waals surface area contributed by atoms with Gasteiger partial charge in [-0.05, 0) is 19.9 Å². The lowest BCUT2D eigenvalue weighted by Crippen LogP contribution is -2.57. The number of hydrogen-bond donors (Lipinski definition) is 1. The Balaban J connectivity index is 1.55. The molecule has 4 fully saturated rings. The van der Waals surface area contributed by atoms with Gasteiger partial charge in [-0.3, -0.25) is 9.80 Å². The molecule has 0 saturated carbocycles. The normalized spacial score (nSPS) is 41.8. The zero-order chi connectivity index (χ0) is 12.8. The molecule has 4 aliphatic heterocycles. The number of piperazine rings is 3. The average Bonchev–Trinajstić information content (AvgIpc) is 3.08. The van der Waals surface area contributed by atoms with Gasteiger partial charge in [-0.25, -0.2) is 0 Å². The Morgan fingerprint density at radius 1 is 1.26 bits per heavy atom. The van der Waals surface area contributed by atoms with Gasteiger partial charge >= 0.3 is 0 Å². The fraction of sp³-hybridized carbons (Fsp3) is 0.846. The van der Waals surface area contributed by atoms with E-state index in [2.05, 4.69) is 27.2 Å². The van der Waals surface area contributed by atoms with Crippen LogP contribution in [0, 0.1) is 0 Å². The summed E-state index contributed by atoms with van der Waals surface area (Å²) < 4.78 is 5.53. The maximum Gasteiger partial charge on any atom is 0.231 e. The van der Waals surface area contributed by atoms with Crippen molar-refractivity contribution in [1.82, 2.24) is 25.3 Å². The van der Waals surface area contributed by atoms with Crippen molar-refractivity contribution in [2.24, 2.45) is 0 Å². The zero-order valence-corrected chi connectivity index (χ0v) is 11.4. The van der Waals surface area contributed by atoms with E-state index in [9.17, 15) is 0 Å². The van der Waals surface area contributed by atoms with E-state index in [-0.39, 0.29) is 0 Å². The molecule has 4 saturated heterocycles. The molecule has 3 unspecified atom stereocenters. The summed E-state index contributed by atoms with van der Waals surface area (Å²) in [5, 5.41) is 7.69. The Morgan fingerprint density at radius 2 is 2.11 bits per heavy atom. The summed E-state index contributed by atoms with van der Waals surface area (Å²) in [5.74, 6) is 2.10. The van der Waals surface area contributed by atoms with Gasteiger partial charge in [0, 0.05) is 38.8 Å². The van der Waals surface area contributed by atoms with E-state index in [0.29, 0.717) is 18.0 Å². The van der Waals surface area contributed by atoms with Gasteiger partial charge in [-0.2, -0.15) is 4.98 Å². The van der Waals surface area contributed by atoms with Crippen LogP contribution in [0.4, 0.5) is 0 Å². The van der Waals surface area contributed by atoms with Crippen LogP contribution in [0.25, 0.3) is 0 Å². The second-order valence-corrected chi connectivity index (χ2v) is 5.98. The highest BCUT2D eigenvalue weighted by atomic mass is 16.5. The number of aromatic nitrogens is 2. The smallest absolute Gasteiger partial charge is 0.231 e. The zero-order valence-electron chi connectivity index (χ0n) is 11.4. The Morgan fingerprint density at radius 3 is 2.74 bits per heavy atom. The Kier molecular flexibility index (Phi) is 2.82. The standard InChI is InChI=1S/C13H21N5O/c1-9-10(2-3-14-9)13-15-12(16-19-13)11-8-17-4-6-18(11)7-5-17/h9-11,14H,2-8H2,1H3. The third kappa shape index (κ3) is 1.98. The lowest BCUT2D eigenvalue weighted by molar-refractivity contribution is 0.00781. The fourth-order valence-electron chi connectivity index (χ4n) is 3.59. The maximum atomic E-state index is 5.53. The molecule has 3 atom stereocenters. The lowest BCUT2D eigenvalue weighted by Gasteiger charge is -2.46. The predicted octanol–water partition coefficient (Wildman–Crippen LogP) is 0.207. The average molecular weight is 263 g/mol. The van der Waals surface area contributed by atoms with Crippen LogP contribution in [0.1, 0.15) is 37.0 Å². The molecule has 19 heavy (non-hydrogen) atoms. The summed E-state index contributed by atoms with van der Waals surface area (Å²) in [6.45, 7) is 8.94. The first kappa shape index (κ1) is 11.8. The van der Waals surface area contributed by atoms with Gasteiger partial charge in [-0.1, -0.05) is 5.16 Å². The predicted molar refractivity (Wildman–Crippen MR) is 69.9 cm³/mol. The van der Waals surface area contributed by atoms with E-state index >= 15 is 0 Å². The summed E-state index contributed by atoms with van der Waals surface area (Å²) in [5.41, 5.74) is 0. The highest BCUT2D eigenvalue weighted by Gasteiger charge is 2.37. The third-order valence-electron chi connectivity index (χ3n) is 4.88. The van der Waals surface area contributed by atoms with Crippen LogP contribution < -0.4 is 5.32 Å². The minimum Gasteiger partial charge on any atom is -0.339 e. The molecule has 0 aliphatic carbocycles. The van der Waals surface area contributed by atoms with Gasteiger partial charge < -0.3 is 9.84 Å². The van der Waals surface area contributed by atoms with Crippen LogP contribution in [0.5, 0.6) is 0 Å². The number of hydrogen-bond acceptors (Lipinski definition) is 6. The van der Waals surface area contributed by atoms with Crippen molar-refractivity contribution in [3.63, 3.8) is 0 Å². The summed E-state index contributed by atoms with van der Waals surface area (Å²) in [7, 11) is 0. The molecule has 2 bridgehead atoms. The van der Waals surface area contributed by atoms with Crippen molar-refractivity contribution in [3.8, 4) is 0 Å². The van der Waals surface area contributed by atoms with E-state index < -0.39 is 0 Å². The molecule has 0 amide bonds. The van der Waals surface area contributed by atoms with Crippen LogP contribution in [-0.2, 0) is 0 Å². The number of fused-ring (bicyclic) bond motifs is 3. The molecule has 0 spiro atoms. The van der Waals surface area contributed by atoms with Crippen molar-refractivity contribution in [1.29, 1.82) is 0 Å². The Hall–Kier alpha value is -0.980. The van der Waals surface area contributed by atoms with Crippen LogP contribution in [0.3, 0.4) is 0 Å². The van der Waals surface area contributed by atoms with E-state index in [1.165, 1.54) is 13.1 Å². The summed E-state index contributed by atoms with van der Waals surface area (Å²) in [6.07, 6.45) is 1.10. The van der Waals surface area contributed by atoms with Gasteiger partial charge in [-0.15, -0.1) is 0 Å². The SMILES string of the molecule is CC1NCCC1c1nc(C2CN3CCN2CC3)no1. The van der Waals surface area contributed by atoms with E-state index in [1.54, 1.807) is 0 Å². The van der Waals surface area contributed by atoms with Crippen molar-refractivity contribution < 1.29 is 4.52 Å². The first-order valence-electron chi connectivity index (χ1n) is 7.34. The van der Waals surface area contributed by atoms with E-state index in [4.69, 9.17) is 9.51 Å². The molecule has 4 aliphatic rings. The first-order valence-corrected chi connectivity index (χ1v) is 7.34. The summed E-state index contributed by atoms with van der Waals surface area (Å²) >= 11 is 0. The number of nitrogens with one attached hydrogen (secondary N) is 1. The molecule has 1 aromatic heterocycles. The van der Waals surface area contributed by atoms with Crippen LogP contribution in [0.15, 0.2) is 4.52 Å². The summed E-state index contributed by atoms with van der Waals surface area (Å²) in [6, 6.07) is 0.782. The van der Waals surface area contributed by atoms with E-state index in [0.717, 1.165) is 44.3 Å². The number of nitrogens with zero attached hydrogens (tertiary/aromatic N) is 4. The molecule has 1 aromatic rings. The first-order chi connectivity index (χ1) is 9.31. The van der Waals surface area contributed by atoms with Crippen molar-refractivity contribution in [3.05, 3.63) is 11.7 Å². The molecule has 0 aromatic carbocycles. The maximum absolute atomic E-state index is 5.53. The molecule has 5 rings (SSSR count). The van der Waals surface area contributed by atoms with Gasteiger partial charge in [0.05, 0.1) is 12.0 Å². The van der Waals surface area contributed by atoms with Crippen molar-refractivity contribution in [2.75, 3.05) is 39.3 Å². The van der Waals surface area contributed by atoms with Gasteiger partial charge in [0.1, 0.15) is 0 Å². The van der Waals surface area contributed by atoms with Crippen LogP contribution in [-0.4, -0.2) is 65.3 Å². The quantitative estimate of drug-likeness (QED) is 0.823. The second-order valence-electron chi connectivity index (χ2n) is 5.98. The molecular weight excluding hydrogens is 242 g/mol. The van der Waals surface area contributed by atoms with Crippen molar-refractivity contribution in [2.45, 2.75) is 31.3 Å². The van der Waals surface area contributed by atoms with Gasteiger partial charge in [0.25, 0.3) is 0 Å². The highest BCUT2D eigenvalue weighted by molar-refractivity contribution is 5.06. The monoisotopic (exact) mass is 263 g/mol. The Labute approximate surface area is 113 Å². The third-order valence-corrected chi connectivity index (χ3v) is 4.88. The molecule has 6 nitrogen and oxygen atoms in total. The molecular formula is C13H21N5O. The van der Waals surface area contributed by atoms with Gasteiger partial charge in [0.15, 0.2) is 5.82 Å². The topological polar surface area (TPSA) is 57.4 Å². The fourth-order valence-corrected chi connectivity index (χ4v) is 3.59. The largest absolute Gasteiger partial charge is 0.339 e. The lowest BCUT2D eigenvalue weighted by atomic mass is 10.0. The van der Waals surface area contributed by atoms with E-state index in [1.807, 2.05) is 0 Å². The van der Waals surface area contributed by atoms with Crippen LogP contribution >= 0.6 is 0 Å². The molecule has 1 N–H and O–H groups in total. The minimum absolute atomic E-state index is 0.338. The molecule has 6 heteroatoms. The molecule has 5 heterocycles. The van der Waals surface area contributed by atoms with Crippen LogP contribution in [0.2, 0.25) is 0 Å². The molecule has 104 valence electrons. The Bertz CT molecular complexity index is 454. The number of rotatable bonds is 2.